The van der Waals surface area contributed by atoms with E-state index in [1.54, 1.807) is 0 Å². The van der Waals surface area contributed by atoms with E-state index >= 15 is 0 Å². The van der Waals surface area contributed by atoms with E-state index in [0.717, 1.165) is 6.42 Å². The first-order valence-electron chi connectivity index (χ1n) is 6.13. The predicted molar refractivity (Wildman–Crippen MR) is 65.6 cm³/mol. The predicted octanol–water partition coefficient (Wildman–Crippen LogP) is 4.71. The number of unbranched alkanes of at least 4 members (excludes halogenated alkanes) is 4. The fourth-order valence-electron chi connectivity index (χ4n) is 1.00. The highest BCUT2D eigenvalue weighted by Gasteiger charge is 1.91. The highest BCUT2D eigenvalue weighted by atomic mass is 16.7. The zero-order valence-corrected chi connectivity index (χ0v) is 10.8. The van der Waals surface area contributed by atoms with Crippen molar-refractivity contribution in [3.05, 3.63) is 4.91 Å². The summed E-state index contributed by atoms with van der Waals surface area (Å²) in [6.07, 6.45) is 7.90. The maximum atomic E-state index is 9.31. The highest BCUT2D eigenvalue weighted by Crippen LogP contribution is 2.00. The molecule has 0 aromatic heterocycles. The Hall–Kier alpha value is -0.600. The van der Waals surface area contributed by atoms with Gasteiger partial charge in [0.15, 0.2) is 5.34 Å². The smallest absolute Gasteiger partial charge is 0.155 e. The molecule has 0 aliphatic rings. The zero-order valence-electron chi connectivity index (χ0n) is 10.8. The van der Waals surface area contributed by atoms with Gasteiger partial charge in [0.05, 0.1) is 0 Å². The molecule has 0 amide bonds. The minimum absolute atomic E-state index is 0.446. The molecule has 3 heteroatoms. The van der Waals surface area contributed by atoms with E-state index < -0.39 is 0 Å². The van der Waals surface area contributed by atoms with Crippen LogP contribution in [-0.4, -0.2) is 6.61 Å². The zero-order chi connectivity index (χ0) is 11.9. The molecule has 0 saturated heterocycles. The van der Waals surface area contributed by atoms with Crippen LogP contribution in [0.15, 0.2) is 5.34 Å². The molecule has 0 spiro atoms. The van der Waals surface area contributed by atoms with Gasteiger partial charge in [-0.3, -0.25) is 0 Å². The van der Waals surface area contributed by atoms with Crippen molar-refractivity contribution in [1.29, 1.82) is 0 Å². The van der Waals surface area contributed by atoms with Crippen LogP contribution in [0, 0.1) is 10.8 Å². The first-order valence-corrected chi connectivity index (χ1v) is 6.13. The Bertz CT molecular complexity index is 112. The van der Waals surface area contributed by atoms with E-state index in [1.807, 2.05) is 0 Å². The normalized spacial score (nSPS) is 9.40. The average molecular weight is 217 g/mol. The van der Waals surface area contributed by atoms with Gasteiger partial charge in [-0.15, -0.1) is 4.91 Å². The SMILES string of the molecule is CC(C)CCON=O.CCCCCCC. The molecule has 0 rings (SSSR count). The third-order valence-corrected chi connectivity index (χ3v) is 2.05. The molecule has 3 nitrogen and oxygen atoms in total. The molecule has 0 aliphatic heterocycles. The lowest BCUT2D eigenvalue weighted by atomic mass is 10.1. The lowest BCUT2D eigenvalue weighted by Gasteiger charge is -1.98. The second-order valence-electron chi connectivity index (χ2n) is 4.15. The molecular formula is C12H27NO2. The maximum Gasteiger partial charge on any atom is 0.155 e. The second-order valence-corrected chi connectivity index (χ2v) is 4.15. The number of nitrogens with zero attached hydrogens (tertiary/aromatic N) is 1. The first-order chi connectivity index (χ1) is 7.18. The van der Waals surface area contributed by atoms with Crippen molar-refractivity contribution in [2.24, 2.45) is 11.3 Å². The Morgan fingerprint density at radius 2 is 1.60 bits per heavy atom. The van der Waals surface area contributed by atoms with Gasteiger partial charge in [0, 0.05) is 0 Å². The van der Waals surface area contributed by atoms with Crippen molar-refractivity contribution in [1.82, 2.24) is 0 Å². The van der Waals surface area contributed by atoms with Crippen molar-refractivity contribution in [3.8, 4) is 0 Å². The molecule has 0 aromatic rings. The van der Waals surface area contributed by atoms with E-state index in [0.29, 0.717) is 12.5 Å². The molecule has 0 aromatic carbocycles. The lowest BCUT2D eigenvalue weighted by molar-refractivity contribution is 0.128. The molecular weight excluding hydrogens is 190 g/mol. The van der Waals surface area contributed by atoms with Gasteiger partial charge < -0.3 is 4.84 Å². The minimum Gasteiger partial charge on any atom is -0.364 e. The number of hydrogen-bond donors (Lipinski definition) is 0. The molecule has 0 aliphatic carbocycles. The molecule has 15 heavy (non-hydrogen) atoms. The van der Waals surface area contributed by atoms with Crippen molar-refractivity contribution in [2.75, 3.05) is 6.61 Å². The van der Waals surface area contributed by atoms with Crippen molar-refractivity contribution in [3.63, 3.8) is 0 Å². The van der Waals surface area contributed by atoms with Crippen molar-refractivity contribution >= 4 is 0 Å². The van der Waals surface area contributed by atoms with Gasteiger partial charge in [-0.1, -0.05) is 59.8 Å². The van der Waals surface area contributed by atoms with Crippen molar-refractivity contribution < 1.29 is 4.84 Å². The summed E-state index contributed by atoms with van der Waals surface area (Å²) in [4.78, 5) is 13.5. The Kier molecular flexibility index (Phi) is 17.8. The quantitative estimate of drug-likeness (QED) is 0.335. The van der Waals surface area contributed by atoms with Gasteiger partial charge in [-0.05, 0) is 12.3 Å². The van der Waals surface area contributed by atoms with Crippen LogP contribution in [0.2, 0.25) is 0 Å². The van der Waals surface area contributed by atoms with Gasteiger partial charge >= 0.3 is 0 Å². The van der Waals surface area contributed by atoms with Crippen LogP contribution in [0.4, 0.5) is 0 Å². The Morgan fingerprint density at radius 1 is 1.07 bits per heavy atom. The van der Waals surface area contributed by atoms with Crippen LogP contribution >= 0.6 is 0 Å². The van der Waals surface area contributed by atoms with Crippen LogP contribution in [-0.2, 0) is 4.84 Å². The summed E-state index contributed by atoms with van der Waals surface area (Å²) in [7, 11) is 0. The summed E-state index contributed by atoms with van der Waals surface area (Å²) < 4.78 is 0. The minimum atomic E-state index is 0.446. The van der Waals surface area contributed by atoms with Crippen LogP contribution in [0.25, 0.3) is 0 Å². The van der Waals surface area contributed by atoms with E-state index in [4.69, 9.17) is 0 Å². The van der Waals surface area contributed by atoms with Gasteiger partial charge in [0.25, 0.3) is 0 Å². The standard InChI is InChI=1S/C7H16.C5H11NO2/c1-3-5-7-6-4-2;1-5(2)3-4-8-6-7/h3-7H2,1-2H3;5H,3-4H2,1-2H3. The molecule has 0 atom stereocenters. The average Bonchev–Trinajstić information content (AvgIpc) is 2.20. The molecule has 92 valence electrons. The summed E-state index contributed by atoms with van der Waals surface area (Å²) in [6.45, 7) is 9.06. The largest absolute Gasteiger partial charge is 0.364 e. The molecule has 0 saturated carbocycles. The monoisotopic (exact) mass is 217 g/mol. The molecule has 0 fully saturated rings. The van der Waals surface area contributed by atoms with E-state index in [2.05, 4.69) is 37.9 Å². The first kappa shape index (κ1) is 16.8. The van der Waals surface area contributed by atoms with Crippen LogP contribution in [0.3, 0.4) is 0 Å². The number of rotatable bonds is 8. The Balaban J connectivity index is 0. The van der Waals surface area contributed by atoms with E-state index in [-0.39, 0.29) is 0 Å². The van der Waals surface area contributed by atoms with Crippen LogP contribution < -0.4 is 0 Å². The summed E-state index contributed by atoms with van der Waals surface area (Å²) in [5.41, 5.74) is 0. The van der Waals surface area contributed by atoms with Gasteiger partial charge in [0.2, 0.25) is 0 Å². The van der Waals surface area contributed by atoms with Gasteiger partial charge in [-0.25, -0.2) is 0 Å². The second kappa shape index (κ2) is 15.9. The Morgan fingerprint density at radius 3 is 1.93 bits per heavy atom. The van der Waals surface area contributed by atoms with Crippen LogP contribution in [0.1, 0.15) is 66.2 Å². The van der Waals surface area contributed by atoms with Gasteiger partial charge in [0.1, 0.15) is 6.61 Å². The third kappa shape index (κ3) is 24.7. The summed E-state index contributed by atoms with van der Waals surface area (Å²) in [6, 6.07) is 0. The third-order valence-electron chi connectivity index (χ3n) is 2.05. The van der Waals surface area contributed by atoms with Crippen LogP contribution in [0.5, 0.6) is 0 Å². The van der Waals surface area contributed by atoms with E-state index in [1.165, 1.54) is 32.1 Å². The molecule has 0 unspecified atom stereocenters. The molecule has 0 N–H and O–H groups in total. The molecule has 0 heterocycles. The maximum absolute atomic E-state index is 9.31. The Labute approximate surface area is 94.5 Å². The lowest BCUT2D eigenvalue weighted by Crippen LogP contribution is -1.93. The van der Waals surface area contributed by atoms with Gasteiger partial charge in [-0.2, -0.15) is 0 Å². The summed E-state index contributed by atoms with van der Waals surface area (Å²) in [5, 5.41) is 2.26. The van der Waals surface area contributed by atoms with Crippen molar-refractivity contribution in [2.45, 2.75) is 66.2 Å². The molecule has 0 bridgehead atoms. The van der Waals surface area contributed by atoms with E-state index in [9.17, 15) is 4.91 Å². The molecule has 0 radical (unpaired) electrons. The summed E-state index contributed by atoms with van der Waals surface area (Å²) >= 11 is 0. The topological polar surface area (TPSA) is 38.7 Å². The fourth-order valence-corrected chi connectivity index (χ4v) is 1.00. The number of hydrogen-bond acceptors (Lipinski definition) is 3. The fraction of sp³-hybridized carbons (Fsp3) is 1.00. The highest BCUT2D eigenvalue weighted by molar-refractivity contribution is 4.40. The summed E-state index contributed by atoms with van der Waals surface area (Å²) in [5.74, 6) is 0.580.